The zero-order valence-electron chi connectivity index (χ0n) is 11.7. The Balaban J connectivity index is 1.81. The van der Waals surface area contributed by atoms with E-state index in [4.69, 9.17) is 4.74 Å². The largest absolute Gasteiger partial charge is 0.388 e. The van der Waals surface area contributed by atoms with Gasteiger partial charge in [-0.2, -0.15) is 0 Å². The van der Waals surface area contributed by atoms with Crippen LogP contribution in [0.1, 0.15) is 45.2 Å². The van der Waals surface area contributed by atoms with Crippen molar-refractivity contribution >= 4 is 5.69 Å². The number of hydrogen-bond donors (Lipinski definition) is 1. The molecule has 0 saturated heterocycles. The summed E-state index contributed by atoms with van der Waals surface area (Å²) >= 11 is 0. The lowest BCUT2D eigenvalue weighted by Gasteiger charge is -2.34. The van der Waals surface area contributed by atoms with Crippen molar-refractivity contribution in [3.8, 4) is 0 Å². The lowest BCUT2D eigenvalue weighted by atomic mass is 9.76. The van der Waals surface area contributed by atoms with E-state index >= 15 is 0 Å². The maximum atomic E-state index is 5.97. The number of nitrogens with zero attached hydrogens (tertiary/aromatic N) is 1. The third-order valence-electron chi connectivity index (χ3n) is 3.86. The van der Waals surface area contributed by atoms with Crippen molar-refractivity contribution < 1.29 is 4.74 Å². The fourth-order valence-electron chi connectivity index (χ4n) is 2.46. The highest BCUT2D eigenvalue weighted by Crippen LogP contribution is 2.36. The molecule has 1 heterocycles. The van der Waals surface area contributed by atoms with Gasteiger partial charge < -0.3 is 10.1 Å². The molecule has 2 rings (SSSR count). The van der Waals surface area contributed by atoms with E-state index in [1.807, 2.05) is 25.4 Å². The Kier molecular flexibility index (Phi) is 4.23. The average molecular weight is 248 g/mol. The van der Waals surface area contributed by atoms with E-state index in [2.05, 4.69) is 24.1 Å². The second-order valence-electron chi connectivity index (χ2n) is 5.96. The average Bonchev–Trinajstić information content (AvgIpc) is 2.38. The van der Waals surface area contributed by atoms with Gasteiger partial charge in [0.15, 0.2) is 0 Å². The first kappa shape index (κ1) is 13.3. The molecule has 1 aliphatic carbocycles. The number of anilines is 1. The molecule has 0 unspecified atom stereocenters. The highest BCUT2D eigenvalue weighted by atomic mass is 16.5. The van der Waals surface area contributed by atoms with Gasteiger partial charge in [0.1, 0.15) is 0 Å². The standard InChI is InChI=1S/C15H24N2O/c1-15(2)7-4-14(5-8-15)18-11-13-10-12(16-3)6-9-17-13/h6,9-10,14H,4-5,7-8,11H2,1-3H3,(H,16,17). The highest BCUT2D eigenvalue weighted by molar-refractivity contribution is 5.42. The van der Waals surface area contributed by atoms with Crippen molar-refractivity contribution in [2.24, 2.45) is 5.41 Å². The summed E-state index contributed by atoms with van der Waals surface area (Å²) in [6.45, 7) is 5.32. The fourth-order valence-corrected chi connectivity index (χ4v) is 2.46. The second-order valence-corrected chi connectivity index (χ2v) is 5.96. The SMILES string of the molecule is CNc1ccnc(COC2CCC(C)(C)CC2)c1. The molecule has 0 aromatic carbocycles. The zero-order valence-corrected chi connectivity index (χ0v) is 11.7. The van der Waals surface area contributed by atoms with Crippen LogP contribution in [0.25, 0.3) is 0 Å². The molecule has 1 aliphatic rings. The Bertz CT molecular complexity index is 380. The second kappa shape index (κ2) is 5.70. The Morgan fingerprint density at radius 2 is 2.11 bits per heavy atom. The molecule has 3 nitrogen and oxygen atoms in total. The normalized spacial score (nSPS) is 19.7. The van der Waals surface area contributed by atoms with Gasteiger partial charge in [-0.05, 0) is 43.2 Å². The molecule has 100 valence electrons. The van der Waals surface area contributed by atoms with E-state index in [-0.39, 0.29) is 0 Å². The molecule has 0 spiro atoms. The van der Waals surface area contributed by atoms with Gasteiger partial charge in [0, 0.05) is 18.9 Å². The summed E-state index contributed by atoms with van der Waals surface area (Å²) in [5.74, 6) is 0. The van der Waals surface area contributed by atoms with Crippen molar-refractivity contribution in [1.82, 2.24) is 4.98 Å². The Morgan fingerprint density at radius 1 is 1.39 bits per heavy atom. The first-order chi connectivity index (χ1) is 8.59. The third kappa shape index (κ3) is 3.70. The van der Waals surface area contributed by atoms with Gasteiger partial charge in [0.25, 0.3) is 0 Å². The maximum absolute atomic E-state index is 5.97. The van der Waals surface area contributed by atoms with Crippen molar-refractivity contribution in [2.45, 2.75) is 52.2 Å². The van der Waals surface area contributed by atoms with E-state index in [9.17, 15) is 0 Å². The first-order valence-corrected chi connectivity index (χ1v) is 6.83. The van der Waals surface area contributed by atoms with Crippen LogP contribution in [0.15, 0.2) is 18.3 Å². The van der Waals surface area contributed by atoms with Gasteiger partial charge >= 0.3 is 0 Å². The molecule has 0 bridgehead atoms. The predicted octanol–water partition coefficient (Wildman–Crippen LogP) is 3.61. The van der Waals surface area contributed by atoms with E-state index < -0.39 is 0 Å². The molecule has 3 heteroatoms. The van der Waals surface area contributed by atoms with E-state index in [1.165, 1.54) is 25.7 Å². The minimum Gasteiger partial charge on any atom is -0.388 e. The van der Waals surface area contributed by atoms with Crippen molar-refractivity contribution in [3.63, 3.8) is 0 Å². The number of ether oxygens (including phenoxy) is 1. The minimum atomic E-state index is 0.415. The smallest absolute Gasteiger partial charge is 0.0892 e. The monoisotopic (exact) mass is 248 g/mol. The van der Waals surface area contributed by atoms with Crippen molar-refractivity contribution in [3.05, 3.63) is 24.0 Å². The summed E-state index contributed by atoms with van der Waals surface area (Å²) < 4.78 is 5.97. The number of aromatic nitrogens is 1. The predicted molar refractivity (Wildman–Crippen MR) is 74.6 cm³/mol. The summed E-state index contributed by atoms with van der Waals surface area (Å²) in [6, 6.07) is 4.01. The van der Waals surface area contributed by atoms with E-state index in [0.29, 0.717) is 18.1 Å². The maximum Gasteiger partial charge on any atom is 0.0892 e. The number of hydrogen-bond acceptors (Lipinski definition) is 3. The molecule has 1 aromatic heterocycles. The summed E-state index contributed by atoms with van der Waals surface area (Å²) in [4.78, 5) is 4.34. The van der Waals surface area contributed by atoms with Crippen molar-refractivity contribution in [1.29, 1.82) is 0 Å². The van der Waals surface area contributed by atoms with Crippen LogP contribution in [0.4, 0.5) is 5.69 Å². The summed E-state index contributed by atoms with van der Waals surface area (Å²) in [6.07, 6.45) is 7.13. The van der Waals surface area contributed by atoms with Crippen LogP contribution >= 0.6 is 0 Å². The molecule has 0 amide bonds. The van der Waals surface area contributed by atoms with Crippen LogP contribution in [0.2, 0.25) is 0 Å². The van der Waals surface area contributed by atoms with Gasteiger partial charge in [-0.3, -0.25) is 4.98 Å². The Morgan fingerprint density at radius 3 is 2.78 bits per heavy atom. The summed E-state index contributed by atoms with van der Waals surface area (Å²) in [7, 11) is 1.92. The van der Waals surface area contributed by atoms with Gasteiger partial charge in [-0.15, -0.1) is 0 Å². The zero-order chi connectivity index (χ0) is 13.0. The third-order valence-corrected chi connectivity index (χ3v) is 3.86. The minimum absolute atomic E-state index is 0.415. The Hall–Kier alpha value is -1.09. The molecule has 0 radical (unpaired) electrons. The number of nitrogens with one attached hydrogen (secondary N) is 1. The van der Waals surface area contributed by atoms with Gasteiger partial charge in [-0.1, -0.05) is 13.8 Å². The van der Waals surface area contributed by atoms with Crippen LogP contribution in [0.3, 0.4) is 0 Å². The van der Waals surface area contributed by atoms with Gasteiger partial charge in [0.05, 0.1) is 18.4 Å². The van der Waals surface area contributed by atoms with Crippen LogP contribution in [-0.4, -0.2) is 18.1 Å². The molecule has 1 fully saturated rings. The van der Waals surface area contributed by atoms with E-state index in [1.54, 1.807) is 0 Å². The lowest BCUT2D eigenvalue weighted by Crippen LogP contribution is -2.26. The highest BCUT2D eigenvalue weighted by Gasteiger charge is 2.27. The molecule has 1 N–H and O–H groups in total. The summed E-state index contributed by atoms with van der Waals surface area (Å²) in [5.41, 5.74) is 2.60. The topological polar surface area (TPSA) is 34.2 Å². The van der Waals surface area contributed by atoms with Crippen molar-refractivity contribution in [2.75, 3.05) is 12.4 Å². The van der Waals surface area contributed by atoms with Crippen LogP contribution < -0.4 is 5.32 Å². The molecular formula is C15H24N2O. The fraction of sp³-hybridized carbons (Fsp3) is 0.667. The lowest BCUT2D eigenvalue weighted by molar-refractivity contribution is -0.00685. The quantitative estimate of drug-likeness (QED) is 0.884. The molecule has 1 saturated carbocycles. The number of rotatable bonds is 4. The van der Waals surface area contributed by atoms with E-state index in [0.717, 1.165) is 11.4 Å². The van der Waals surface area contributed by atoms with Crippen LogP contribution in [0.5, 0.6) is 0 Å². The summed E-state index contributed by atoms with van der Waals surface area (Å²) in [5, 5.41) is 3.12. The van der Waals surface area contributed by atoms with Gasteiger partial charge in [0.2, 0.25) is 0 Å². The molecule has 18 heavy (non-hydrogen) atoms. The number of pyridine rings is 1. The molecule has 0 aliphatic heterocycles. The first-order valence-electron chi connectivity index (χ1n) is 6.83. The molecule has 0 atom stereocenters. The molecular weight excluding hydrogens is 224 g/mol. The molecule has 1 aromatic rings. The van der Waals surface area contributed by atoms with Crippen LogP contribution in [-0.2, 0) is 11.3 Å². The van der Waals surface area contributed by atoms with Crippen LogP contribution in [0, 0.1) is 5.41 Å². The Labute approximate surface area is 110 Å². The van der Waals surface area contributed by atoms with Gasteiger partial charge in [-0.25, -0.2) is 0 Å².